The molecule has 0 saturated carbocycles. The van der Waals surface area contributed by atoms with Crippen molar-refractivity contribution >= 4 is 11.6 Å². The van der Waals surface area contributed by atoms with Crippen LogP contribution in [0.1, 0.15) is 24.4 Å². The first-order chi connectivity index (χ1) is 8.15. The minimum absolute atomic E-state index is 0.0560. The highest BCUT2D eigenvalue weighted by atomic mass is 35.5. The maximum absolute atomic E-state index is 13.8. The van der Waals surface area contributed by atoms with E-state index >= 15 is 0 Å². The number of aromatic nitrogens is 3. The topological polar surface area (TPSA) is 56.7 Å². The molecule has 2 rings (SSSR count). The average Bonchev–Trinajstić information content (AvgIpc) is 2.80. The molecule has 1 atom stereocenters. The van der Waals surface area contributed by atoms with Gasteiger partial charge in [0.25, 0.3) is 0 Å². The van der Waals surface area contributed by atoms with E-state index in [0.29, 0.717) is 17.9 Å². The van der Waals surface area contributed by atoms with Crippen molar-refractivity contribution < 1.29 is 4.39 Å². The van der Waals surface area contributed by atoms with Gasteiger partial charge in [0.05, 0.1) is 11.1 Å². The lowest BCUT2D eigenvalue weighted by Crippen LogP contribution is -2.19. The third-order valence-electron chi connectivity index (χ3n) is 2.54. The SMILES string of the molecule is CCn1ncnc1C(N)c1cccc(Cl)c1F. The second-order valence-electron chi connectivity index (χ2n) is 3.55. The molecule has 0 radical (unpaired) electrons. The van der Waals surface area contributed by atoms with Gasteiger partial charge in [-0.25, -0.2) is 14.1 Å². The highest BCUT2D eigenvalue weighted by Crippen LogP contribution is 2.25. The number of halogens is 2. The van der Waals surface area contributed by atoms with E-state index in [1.54, 1.807) is 16.8 Å². The van der Waals surface area contributed by atoms with Crippen molar-refractivity contribution in [3.8, 4) is 0 Å². The summed E-state index contributed by atoms with van der Waals surface area (Å²) in [5.41, 5.74) is 6.30. The summed E-state index contributed by atoms with van der Waals surface area (Å²) in [6, 6.07) is 4.07. The molecule has 0 bridgehead atoms. The number of hydrogen-bond donors (Lipinski definition) is 1. The fourth-order valence-corrected chi connectivity index (χ4v) is 1.84. The summed E-state index contributed by atoms with van der Waals surface area (Å²) in [5.74, 6) is 0.0148. The standard InChI is InChI=1S/C11H12ClFN4/c1-2-17-11(15-6-16-17)10(14)7-4-3-5-8(12)9(7)13/h3-6,10H,2,14H2,1H3. The van der Waals surface area contributed by atoms with E-state index in [4.69, 9.17) is 17.3 Å². The number of benzene rings is 1. The zero-order valence-corrected chi connectivity index (χ0v) is 10.0. The molecule has 0 amide bonds. The van der Waals surface area contributed by atoms with Crippen molar-refractivity contribution in [2.45, 2.75) is 19.5 Å². The largest absolute Gasteiger partial charge is 0.318 e. The lowest BCUT2D eigenvalue weighted by Gasteiger charge is -2.13. The summed E-state index contributed by atoms with van der Waals surface area (Å²) in [5, 5.41) is 4.06. The second-order valence-corrected chi connectivity index (χ2v) is 3.96. The summed E-state index contributed by atoms with van der Waals surface area (Å²) in [7, 11) is 0. The number of aryl methyl sites for hydroxylation is 1. The Morgan fingerprint density at radius 1 is 1.53 bits per heavy atom. The minimum Gasteiger partial charge on any atom is -0.318 e. The number of nitrogens with zero attached hydrogens (tertiary/aromatic N) is 3. The Bertz CT molecular complexity index is 526. The summed E-state index contributed by atoms with van der Waals surface area (Å²) >= 11 is 5.72. The zero-order chi connectivity index (χ0) is 12.4. The summed E-state index contributed by atoms with van der Waals surface area (Å²) < 4.78 is 15.4. The molecule has 17 heavy (non-hydrogen) atoms. The zero-order valence-electron chi connectivity index (χ0n) is 9.27. The maximum atomic E-state index is 13.8. The van der Waals surface area contributed by atoms with Crippen LogP contribution in [0.4, 0.5) is 4.39 Å². The summed E-state index contributed by atoms with van der Waals surface area (Å²) in [6.07, 6.45) is 1.40. The third kappa shape index (κ3) is 2.16. The summed E-state index contributed by atoms with van der Waals surface area (Å²) in [4.78, 5) is 4.05. The fourth-order valence-electron chi connectivity index (χ4n) is 1.66. The van der Waals surface area contributed by atoms with E-state index in [2.05, 4.69) is 10.1 Å². The van der Waals surface area contributed by atoms with E-state index in [1.165, 1.54) is 12.4 Å². The van der Waals surface area contributed by atoms with Crippen LogP contribution in [0, 0.1) is 5.82 Å². The van der Waals surface area contributed by atoms with E-state index in [1.807, 2.05) is 6.92 Å². The summed E-state index contributed by atoms with van der Waals surface area (Å²) in [6.45, 7) is 2.55. The predicted molar refractivity (Wildman–Crippen MR) is 63.1 cm³/mol. The van der Waals surface area contributed by atoms with Crippen molar-refractivity contribution in [2.75, 3.05) is 0 Å². The minimum atomic E-state index is -0.670. The fraction of sp³-hybridized carbons (Fsp3) is 0.273. The van der Waals surface area contributed by atoms with Gasteiger partial charge >= 0.3 is 0 Å². The highest BCUT2D eigenvalue weighted by molar-refractivity contribution is 6.30. The van der Waals surface area contributed by atoms with Gasteiger partial charge < -0.3 is 5.73 Å². The van der Waals surface area contributed by atoms with Gasteiger partial charge in [-0.3, -0.25) is 0 Å². The number of hydrogen-bond acceptors (Lipinski definition) is 3. The molecule has 0 spiro atoms. The van der Waals surface area contributed by atoms with Crippen molar-refractivity contribution in [1.29, 1.82) is 0 Å². The molecule has 0 saturated heterocycles. The Balaban J connectivity index is 2.44. The van der Waals surface area contributed by atoms with Crippen LogP contribution in [0.3, 0.4) is 0 Å². The molecule has 2 N–H and O–H groups in total. The molecule has 0 aliphatic heterocycles. The van der Waals surface area contributed by atoms with E-state index in [-0.39, 0.29) is 5.02 Å². The van der Waals surface area contributed by atoms with E-state index in [0.717, 1.165) is 0 Å². The van der Waals surface area contributed by atoms with Crippen LogP contribution >= 0.6 is 11.6 Å². The van der Waals surface area contributed by atoms with Crippen molar-refractivity contribution in [3.05, 3.63) is 46.8 Å². The van der Waals surface area contributed by atoms with Crippen LogP contribution in [0.25, 0.3) is 0 Å². The smallest absolute Gasteiger partial charge is 0.148 e. The molecular weight excluding hydrogens is 243 g/mol. The van der Waals surface area contributed by atoms with Crippen LogP contribution in [-0.4, -0.2) is 14.8 Å². The quantitative estimate of drug-likeness (QED) is 0.913. The average molecular weight is 255 g/mol. The normalized spacial score (nSPS) is 12.7. The maximum Gasteiger partial charge on any atom is 0.148 e. The predicted octanol–water partition coefficient (Wildman–Crippen LogP) is 2.14. The van der Waals surface area contributed by atoms with Gasteiger partial charge in [0.2, 0.25) is 0 Å². The Hall–Kier alpha value is -1.46. The molecule has 4 nitrogen and oxygen atoms in total. The molecular formula is C11H12ClFN4. The number of nitrogens with two attached hydrogens (primary N) is 1. The first kappa shape index (κ1) is 12.0. The Labute approximate surface area is 103 Å². The Kier molecular flexibility index (Phi) is 3.40. The highest BCUT2D eigenvalue weighted by Gasteiger charge is 2.19. The molecule has 1 unspecified atom stereocenters. The lowest BCUT2D eigenvalue weighted by atomic mass is 10.1. The van der Waals surface area contributed by atoms with Crippen molar-refractivity contribution in [3.63, 3.8) is 0 Å². The van der Waals surface area contributed by atoms with Crippen LogP contribution in [-0.2, 0) is 6.54 Å². The number of rotatable bonds is 3. The van der Waals surface area contributed by atoms with Crippen LogP contribution in [0.2, 0.25) is 5.02 Å². The van der Waals surface area contributed by atoms with Crippen LogP contribution in [0.5, 0.6) is 0 Å². The van der Waals surface area contributed by atoms with Crippen molar-refractivity contribution in [1.82, 2.24) is 14.8 Å². The first-order valence-electron chi connectivity index (χ1n) is 5.22. The van der Waals surface area contributed by atoms with Crippen LogP contribution < -0.4 is 5.73 Å². The lowest BCUT2D eigenvalue weighted by molar-refractivity contribution is 0.561. The van der Waals surface area contributed by atoms with Crippen LogP contribution in [0.15, 0.2) is 24.5 Å². The first-order valence-corrected chi connectivity index (χ1v) is 5.60. The van der Waals surface area contributed by atoms with Gasteiger partial charge in [-0.15, -0.1) is 0 Å². The molecule has 0 fully saturated rings. The van der Waals surface area contributed by atoms with Gasteiger partial charge in [-0.05, 0) is 13.0 Å². The van der Waals surface area contributed by atoms with Gasteiger partial charge in [0.15, 0.2) is 0 Å². The molecule has 2 aromatic rings. The molecule has 0 aliphatic carbocycles. The monoisotopic (exact) mass is 254 g/mol. The van der Waals surface area contributed by atoms with E-state index in [9.17, 15) is 4.39 Å². The molecule has 1 aromatic carbocycles. The van der Waals surface area contributed by atoms with Crippen molar-refractivity contribution in [2.24, 2.45) is 5.73 Å². The molecule has 6 heteroatoms. The second kappa shape index (κ2) is 4.81. The van der Waals surface area contributed by atoms with Gasteiger partial charge in [0.1, 0.15) is 18.0 Å². The van der Waals surface area contributed by atoms with Gasteiger partial charge in [-0.1, -0.05) is 23.7 Å². The Morgan fingerprint density at radius 3 is 3.00 bits per heavy atom. The van der Waals surface area contributed by atoms with E-state index < -0.39 is 11.9 Å². The van der Waals surface area contributed by atoms with Gasteiger partial charge in [0, 0.05) is 12.1 Å². The Morgan fingerprint density at radius 2 is 2.29 bits per heavy atom. The molecule has 0 aliphatic rings. The third-order valence-corrected chi connectivity index (χ3v) is 2.83. The molecule has 1 aromatic heterocycles. The van der Waals surface area contributed by atoms with Gasteiger partial charge in [-0.2, -0.15) is 5.10 Å². The molecule has 90 valence electrons. The molecule has 1 heterocycles.